The molecular weight excluding hydrogens is 267 g/mol. The van der Waals surface area contributed by atoms with E-state index in [1.807, 2.05) is 30.3 Å². The van der Waals surface area contributed by atoms with Gasteiger partial charge in [0.15, 0.2) is 0 Å². The zero-order chi connectivity index (χ0) is 14.7. The first-order chi connectivity index (χ1) is 10.2. The molecule has 0 radical (unpaired) electrons. The Morgan fingerprint density at radius 1 is 1.10 bits per heavy atom. The van der Waals surface area contributed by atoms with Crippen molar-refractivity contribution in [3.05, 3.63) is 60.6 Å². The number of aromatic nitrogens is 2. The molecule has 3 rings (SSSR count). The van der Waals surface area contributed by atoms with Crippen molar-refractivity contribution in [2.24, 2.45) is 0 Å². The number of nitrogens with zero attached hydrogens (tertiary/aromatic N) is 2. The van der Waals surface area contributed by atoms with Crippen LogP contribution in [0.25, 0.3) is 10.9 Å². The van der Waals surface area contributed by atoms with E-state index in [2.05, 4.69) is 9.97 Å². The Kier molecular flexibility index (Phi) is 3.81. The van der Waals surface area contributed by atoms with E-state index in [1.54, 1.807) is 18.5 Å². The summed E-state index contributed by atoms with van der Waals surface area (Å²) in [4.78, 5) is 8.24. The minimum Gasteiger partial charge on any atom is -0.488 e. The van der Waals surface area contributed by atoms with Gasteiger partial charge in [-0.05, 0) is 24.3 Å². The molecule has 3 aromatic rings. The van der Waals surface area contributed by atoms with Crippen molar-refractivity contribution in [1.82, 2.24) is 9.97 Å². The van der Waals surface area contributed by atoms with Gasteiger partial charge in [-0.15, -0.1) is 0 Å². The summed E-state index contributed by atoms with van der Waals surface area (Å²) in [5.41, 5.74) is 2.03. The Hall–Kier alpha value is -2.44. The van der Waals surface area contributed by atoms with Gasteiger partial charge in [0.1, 0.15) is 12.4 Å². The average Bonchev–Trinajstić information content (AvgIpc) is 2.53. The number of hydrogen-bond acceptors (Lipinski definition) is 5. The van der Waals surface area contributed by atoms with Crippen molar-refractivity contribution in [3.8, 4) is 5.75 Å². The number of rotatable bonds is 4. The van der Waals surface area contributed by atoms with Crippen LogP contribution in [0.2, 0.25) is 0 Å². The Balaban J connectivity index is 1.92. The predicted molar refractivity (Wildman–Crippen MR) is 80.1 cm³/mol. The van der Waals surface area contributed by atoms with Gasteiger partial charge in [-0.2, -0.15) is 0 Å². The van der Waals surface area contributed by atoms with E-state index in [1.165, 1.54) is 6.20 Å². The van der Waals surface area contributed by atoms with Gasteiger partial charge in [-0.3, -0.25) is 9.97 Å². The molecule has 5 nitrogen and oxygen atoms in total. The lowest BCUT2D eigenvalue weighted by Gasteiger charge is -2.10. The fraction of sp³-hybridized carbons (Fsp3) is 0.0667. The van der Waals surface area contributed by atoms with Gasteiger partial charge in [0.2, 0.25) is 0 Å². The summed E-state index contributed by atoms with van der Waals surface area (Å²) in [5.74, 6) is 0.645. The summed E-state index contributed by atoms with van der Waals surface area (Å²) in [6, 6.07) is 11.0. The molecule has 0 saturated carbocycles. The Morgan fingerprint density at radius 3 is 2.76 bits per heavy atom. The van der Waals surface area contributed by atoms with Crippen LogP contribution in [0.4, 0.5) is 0 Å². The highest BCUT2D eigenvalue weighted by Gasteiger charge is 2.13. The topological polar surface area (TPSA) is 75.5 Å². The maximum atomic E-state index is 9.25. The first-order valence-electron chi connectivity index (χ1n) is 6.50. The average molecular weight is 280 g/mol. The number of hydrogen-bond donors (Lipinski definition) is 2. The van der Waals surface area contributed by atoms with Crippen LogP contribution in [0.5, 0.6) is 5.75 Å². The van der Waals surface area contributed by atoms with Gasteiger partial charge in [-0.1, -0.05) is 12.1 Å². The largest absolute Gasteiger partial charge is 0.490 e. The van der Waals surface area contributed by atoms with E-state index in [-0.39, 0.29) is 0 Å². The van der Waals surface area contributed by atoms with Gasteiger partial charge < -0.3 is 14.8 Å². The van der Waals surface area contributed by atoms with Gasteiger partial charge in [0.25, 0.3) is 0 Å². The molecule has 0 unspecified atom stereocenters. The minimum atomic E-state index is -1.55. The van der Waals surface area contributed by atoms with Crippen LogP contribution in [0.1, 0.15) is 5.56 Å². The molecule has 104 valence electrons. The molecule has 1 aromatic carbocycles. The van der Waals surface area contributed by atoms with E-state index in [0.29, 0.717) is 17.8 Å². The highest BCUT2D eigenvalue weighted by molar-refractivity contribution is 6.58. The third-order valence-corrected chi connectivity index (χ3v) is 3.12. The lowest BCUT2D eigenvalue weighted by Crippen LogP contribution is -2.30. The van der Waals surface area contributed by atoms with Crippen LogP contribution in [0.15, 0.2) is 55.0 Å². The monoisotopic (exact) mass is 280 g/mol. The second kappa shape index (κ2) is 5.91. The van der Waals surface area contributed by atoms with Gasteiger partial charge in [0.05, 0.1) is 5.52 Å². The van der Waals surface area contributed by atoms with E-state index < -0.39 is 7.12 Å². The summed E-state index contributed by atoms with van der Waals surface area (Å²) < 4.78 is 5.80. The summed E-state index contributed by atoms with van der Waals surface area (Å²) in [6.07, 6.45) is 4.89. The van der Waals surface area contributed by atoms with E-state index in [4.69, 9.17) is 4.74 Å². The predicted octanol–water partition coefficient (Wildman–Crippen LogP) is 0.889. The van der Waals surface area contributed by atoms with Crippen LogP contribution in [0, 0.1) is 0 Å². The molecule has 0 saturated heterocycles. The Labute approximate surface area is 122 Å². The van der Waals surface area contributed by atoms with Crippen molar-refractivity contribution in [2.45, 2.75) is 6.61 Å². The number of fused-ring (bicyclic) bond motifs is 1. The molecule has 0 atom stereocenters. The molecule has 2 N–H and O–H groups in total. The standard InChI is InChI=1S/C15H13BN2O3/c19-16(20)12-7-13-14(18-9-12)4-1-5-15(13)21-10-11-3-2-6-17-8-11/h1-9,19-20H,10H2. The molecule has 0 amide bonds. The molecule has 6 heteroatoms. The molecule has 0 fully saturated rings. The number of ether oxygens (including phenoxy) is 1. The Bertz CT molecular complexity index is 750. The molecule has 0 aliphatic rings. The smallest absolute Gasteiger partial charge is 0.488 e. The maximum absolute atomic E-state index is 9.25. The van der Waals surface area contributed by atoms with E-state index >= 15 is 0 Å². The van der Waals surface area contributed by atoms with Gasteiger partial charge in [-0.25, -0.2) is 0 Å². The molecule has 0 aliphatic heterocycles. The van der Waals surface area contributed by atoms with Crippen molar-refractivity contribution in [3.63, 3.8) is 0 Å². The molecule has 21 heavy (non-hydrogen) atoms. The first-order valence-corrected chi connectivity index (χ1v) is 6.50. The molecular formula is C15H13BN2O3. The fourth-order valence-electron chi connectivity index (χ4n) is 2.05. The zero-order valence-corrected chi connectivity index (χ0v) is 11.2. The lowest BCUT2D eigenvalue weighted by atomic mass is 9.81. The lowest BCUT2D eigenvalue weighted by molar-refractivity contribution is 0.309. The molecule has 0 aliphatic carbocycles. The highest BCUT2D eigenvalue weighted by atomic mass is 16.5. The second-order valence-corrected chi connectivity index (χ2v) is 4.62. The first kappa shape index (κ1) is 13.5. The summed E-state index contributed by atoms with van der Waals surface area (Å²) in [7, 11) is -1.55. The number of benzene rings is 1. The summed E-state index contributed by atoms with van der Waals surface area (Å²) in [5, 5.41) is 19.2. The summed E-state index contributed by atoms with van der Waals surface area (Å²) in [6.45, 7) is 0.388. The van der Waals surface area contributed by atoms with Crippen LogP contribution >= 0.6 is 0 Å². The Morgan fingerprint density at radius 2 is 2.00 bits per heavy atom. The van der Waals surface area contributed by atoms with Crippen LogP contribution < -0.4 is 10.2 Å². The van der Waals surface area contributed by atoms with E-state index in [0.717, 1.165) is 16.5 Å². The third-order valence-electron chi connectivity index (χ3n) is 3.12. The number of pyridine rings is 2. The third kappa shape index (κ3) is 3.02. The molecule has 0 spiro atoms. The van der Waals surface area contributed by atoms with E-state index in [9.17, 15) is 10.0 Å². The van der Waals surface area contributed by atoms with Crippen LogP contribution in [0.3, 0.4) is 0 Å². The van der Waals surface area contributed by atoms with Crippen LogP contribution in [-0.2, 0) is 6.61 Å². The van der Waals surface area contributed by atoms with Crippen molar-refractivity contribution in [2.75, 3.05) is 0 Å². The SMILES string of the molecule is OB(O)c1cnc2cccc(OCc3cccnc3)c2c1. The second-order valence-electron chi connectivity index (χ2n) is 4.62. The summed E-state index contributed by atoms with van der Waals surface area (Å²) >= 11 is 0. The van der Waals surface area contributed by atoms with Crippen molar-refractivity contribution >= 4 is 23.5 Å². The van der Waals surface area contributed by atoms with Gasteiger partial charge >= 0.3 is 7.12 Å². The zero-order valence-electron chi connectivity index (χ0n) is 11.2. The fourth-order valence-corrected chi connectivity index (χ4v) is 2.05. The van der Waals surface area contributed by atoms with Crippen LogP contribution in [-0.4, -0.2) is 27.1 Å². The maximum Gasteiger partial charge on any atom is 0.490 e. The van der Waals surface area contributed by atoms with Crippen molar-refractivity contribution < 1.29 is 14.8 Å². The normalized spacial score (nSPS) is 10.6. The highest BCUT2D eigenvalue weighted by Crippen LogP contribution is 2.24. The molecule has 2 heterocycles. The quantitative estimate of drug-likeness (QED) is 0.694. The van der Waals surface area contributed by atoms with Gasteiger partial charge in [0, 0.05) is 35.0 Å². The minimum absolute atomic E-state index is 0.333. The molecule has 2 aromatic heterocycles. The van der Waals surface area contributed by atoms with Crippen molar-refractivity contribution in [1.29, 1.82) is 0 Å². The molecule has 0 bridgehead atoms.